The third-order valence-electron chi connectivity index (χ3n) is 3.07. The van der Waals surface area contributed by atoms with Gasteiger partial charge in [-0.2, -0.15) is 4.39 Å². The molecule has 0 atom stereocenters. The first-order valence-electron chi connectivity index (χ1n) is 7.50. The second-order valence-electron chi connectivity index (χ2n) is 6.48. The summed E-state index contributed by atoms with van der Waals surface area (Å²) in [6.45, 7) is 6.57. The van der Waals surface area contributed by atoms with Crippen LogP contribution in [0.1, 0.15) is 31.3 Å². The van der Waals surface area contributed by atoms with Gasteiger partial charge in [0.1, 0.15) is 11.6 Å². The van der Waals surface area contributed by atoms with Gasteiger partial charge in [-0.15, -0.1) is 0 Å². The number of nitrogens with zero attached hydrogens (tertiary/aromatic N) is 2. The number of carbonyl (C=O) groups excluding carboxylic acids is 1. The summed E-state index contributed by atoms with van der Waals surface area (Å²) in [4.78, 5) is 20.1. The summed E-state index contributed by atoms with van der Waals surface area (Å²) in [6.07, 6.45) is 1.35. The lowest BCUT2D eigenvalue weighted by Crippen LogP contribution is -2.33. The van der Waals surface area contributed by atoms with Crippen LogP contribution in [0.15, 0.2) is 30.5 Å². The van der Waals surface area contributed by atoms with Crippen LogP contribution in [0, 0.1) is 11.4 Å². The van der Waals surface area contributed by atoms with Gasteiger partial charge in [0.2, 0.25) is 5.95 Å². The van der Waals surface area contributed by atoms with E-state index in [1.54, 1.807) is 18.2 Å². The minimum atomic E-state index is -0.600. The first-order chi connectivity index (χ1) is 11.3. The van der Waals surface area contributed by atoms with E-state index in [1.165, 1.54) is 19.4 Å². The highest BCUT2D eigenvalue weighted by Gasteiger charge is 2.18. The topological polar surface area (TPSA) is 76.1 Å². The van der Waals surface area contributed by atoms with Crippen molar-refractivity contribution in [3.8, 4) is 5.75 Å². The zero-order valence-electron chi connectivity index (χ0n) is 14.2. The predicted molar refractivity (Wildman–Crippen MR) is 90.1 cm³/mol. The van der Waals surface area contributed by atoms with Crippen LogP contribution in [0.4, 0.5) is 15.9 Å². The molecule has 0 saturated heterocycles. The third kappa shape index (κ3) is 4.91. The first kappa shape index (κ1) is 17.7. The summed E-state index contributed by atoms with van der Waals surface area (Å²) in [5.41, 5.74) is 0.607. The Labute approximate surface area is 140 Å². The van der Waals surface area contributed by atoms with Gasteiger partial charge in [-0.3, -0.25) is 4.79 Å². The van der Waals surface area contributed by atoms with Crippen LogP contribution in [0.3, 0.4) is 0 Å². The molecule has 2 aromatic heterocycles. The van der Waals surface area contributed by atoms with Crippen LogP contribution >= 0.6 is 0 Å². The van der Waals surface area contributed by atoms with Crippen LogP contribution in [0.2, 0.25) is 0 Å². The summed E-state index contributed by atoms with van der Waals surface area (Å²) in [5, 5.41) is 5.77. The van der Waals surface area contributed by atoms with Crippen molar-refractivity contribution in [2.45, 2.75) is 20.8 Å². The molecule has 0 aliphatic carbocycles. The largest absolute Gasteiger partial charge is 0.494 e. The van der Waals surface area contributed by atoms with Crippen molar-refractivity contribution < 1.29 is 13.9 Å². The van der Waals surface area contributed by atoms with E-state index >= 15 is 0 Å². The molecule has 0 fully saturated rings. The smallest absolute Gasteiger partial charge is 0.273 e. The van der Waals surface area contributed by atoms with Crippen LogP contribution in [0.25, 0.3) is 0 Å². The molecule has 0 saturated carbocycles. The quantitative estimate of drug-likeness (QED) is 0.823. The van der Waals surface area contributed by atoms with Gasteiger partial charge in [-0.25, -0.2) is 9.97 Å². The van der Waals surface area contributed by atoms with Crippen molar-refractivity contribution in [1.29, 1.82) is 0 Å². The van der Waals surface area contributed by atoms with Gasteiger partial charge in [0, 0.05) is 24.5 Å². The molecule has 2 N–H and O–H groups in total. The number of carbonyl (C=O) groups is 1. The number of hydrogen-bond donors (Lipinski definition) is 2. The zero-order chi connectivity index (χ0) is 17.7. The van der Waals surface area contributed by atoms with Crippen molar-refractivity contribution in [2.24, 2.45) is 5.41 Å². The number of amides is 1. The number of rotatable bonds is 5. The van der Waals surface area contributed by atoms with Crippen molar-refractivity contribution >= 4 is 17.4 Å². The third-order valence-corrected chi connectivity index (χ3v) is 3.07. The maximum Gasteiger partial charge on any atom is 0.273 e. The van der Waals surface area contributed by atoms with Crippen molar-refractivity contribution in [2.75, 3.05) is 19.0 Å². The average molecular weight is 332 g/mol. The zero-order valence-corrected chi connectivity index (χ0v) is 14.2. The number of methoxy groups -OCH3 is 1. The summed E-state index contributed by atoms with van der Waals surface area (Å²) < 4.78 is 18.4. The molecule has 0 unspecified atom stereocenters. The molecule has 2 aromatic rings. The van der Waals surface area contributed by atoms with E-state index in [0.29, 0.717) is 23.8 Å². The van der Waals surface area contributed by atoms with E-state index in [2.05, 4.69) is 20.6 Å². The summed E-state index contributed by atoms with van der Waals surface area (Å²) >= 11 is 0. The molecule has 2 rings (SSSR count). The normalized spacial score (nSPS) is 11.0. The lowest BCUT2D eigenvalue weighted by Gasteiger charge is -2.19. The number of ether oxygens (including phenoxy) is 1. The Hall–Kier alpha value is -2.70. The molecule has 0 aliphatic heterocycles. The summed E-state index contributed by atoms with van der Waals surface area (Å²) in [7, 11) is 1.48. The lowest BCUT2D eigenvalue weighted by molar-refractivity contribution is 0.0931. The minimum Gasteiger partial charge on any atom is -0.494 e. The molecule has 0 bridgehead atoms. The van der Waals surface area contributed by atoms with Crippen LogP contribution in [-0.4, -0.2) is 29.5 Å². The van der Waals surface area contributed by atoms with E-state index in [0.717, 1.165) is 0 Å². The van der Waals surface area contributed by atoms with E-state index in [-0.39, 0.29) is 17.0 Å². The Balaban J connectivity index is 2.22. The number of anilines is 2. The van der Waals surface area contributed by atoms with Crippen molar-refractivity contribution in [1.82, 2.24) is 15.3 Å². The monoisotopic (exact) mass is 332 g/mol. The Morgan fingerprint density at radius 1 is 1.29 bits per heavy atom. The molecule has 0 aromatic carbocycles. The molecule has 7 heteroatoms. The lowest BCUT2D eigenvalue weighted by atomic mass is 9.97. The minimum absolute atomic E-state index is 0.0483. The van der Waals surface area contributed by atoms with Gasteiger partial charge >= 0.3 is 0 Å². The van der Waals surface area contributed by atoms with Gasteiger partial charge < -0.3 is 15.4 Å². The molecular formula is C17H21FN4O2. The standard InChI is InChI=1S/C17H21FN4O2/c1-17(2,3)10-20-16(23)15-12(24-4)5-6-14(22-15)21-11-7-8-19-13(18)9-11/h5-9H,10H2,1-4H3,(H,20,23)(H,19,21,22). The van der Waals surface area contributed by atoms with Gasteiger partial charge in [-0.1, -0.05) is 20.8 Å². The highest BCUT2D eigenvalue weighted by molar-refractivity contribution is 5.95. The second-order valence-corrected chi connectivity index (χ2v) is 6.48. The predicted octanol–water partition coefficient (Wildman–Crippen LogP) is 3.14. The van der Waals surface area contributed by atoms with Crippen LogP contribution in [0.5, 0.6) is 5.75 Å². The number of aromatic nitrogens is 2. The Bertz CT molecular complexity index is 729. The van der Waals surface area contributed by atoms with E-state index in [9.17, 15) is 9.18 Å². The van der Waals surface area contributed by atoms with Crippen molar-refractivity contribution in [3.63, 3.8) is 0 Å². The molecule has 6 nitrogen and oxygen atoms in total. The van der Waals surface area contributed by atoms with Crippen LogP contribution in [-0.2, 0) is 0 Å². The number of nitrogens with one attached hydrogen (secondary N) is 2. The Morgan fingerprint density at radius 2 is 2.04 bits per heavy atom. The number of hydrogen-bond acceptors (Lipinski definition) is 5. The fourth-order valence-electron chi connectivity index (χ4n) is 1.90. The molecule has 24 heavy (non-hydrogen) atoms. The first-order valence-corrected chi connectivity index (χ1v) is 7.50. The van der Waals surface area contributed by atoms with Crippen LogP contribution < -0.4 is 15.4 Å². The van der Waals surface area contributed by atoms with Gasteiger partial charge in [0.05, 0.1) is 7.11 Å². The molecule has 1 amide bonds. The Kier molecular flexibility index (Phi) is 5.33. The average Bonchev–Trinajstić information content (AvgIpc) is 2.52. The molecule has 2 heterocycles. The van der Waals surface area contributed by atoms with E-state index < -0.39 is 5.95 Å². The number of pyridine rings is 2. The van der Waals surface area contributed by atoms with Gasteiger partial charge in [0.15, 0.2) is 5.69 Å². The highest BCUT2D eigenvalue weighted by Crippen LogP contribution is 2.22. The highest BCUT2D eigenvalue weighted by atomic mass is 19.1. The van der Waals surface area contributed by atoms with E-state index in [1.807, 2.05) is 20.8 Å². The summed E-state index contributed by atoms with van der Waals surface area (Å²) in [6, 6.07) is 6.14. The van der Waals surface area contributed by atoms with Gasteiger partial charge in [0.25, 0.3) is 5.91 Å². The SMILES string of the molecule is COc1ccc(Nc2ccnc(F)c2)nc1C(=O)NCC(C)(C)C. The fraction of sp³-hybridized carbons (Fsp3) is 0.353. The molecule has 0 radical (unpaired) electrons. The number of halogens is 1. The van der Waals surface area contributed by atoms with Gasteiger partial charge in [-0.05, 0) is 23.6 Å². The molecule has 128 valence electrons. The Morgan fingerprint density at radius 3 is 2.67 bits per heavy atom. The molecule has 0 spiro atoms. The maximum atomic E-state index is 13.2. The fourth-order valence-corrected chi connectivity index (χ4v) is 1.90. The van der Waals surface area contributed by atoms with E-state index in [4.69, 9.17) is 4.74 Å². The molecular weight excluding hydrogens is 311 g/mol. The second kappa shape index (κ2) is 7.25. The molecule has 0 aliphatic rings. The maximum absolute atomic E-state index is 13.2. The van der Waals surface area contributed by atoms with Crippen molar-refractivity contribution in [3.05, 3.63) is 42.1 Å². The summed E-state index contributed by atoms with van der Waals surface area (Å²) in [5.74, 6) is -0.154.